The zero-order chi connectivity index (χ0) is 12.3. The van der Waals surface area contributed by atoms with Gasteiger partial charge >= 0.3 is 0 Å². The number of rotatable bonds is 4. The molecule has 0 bridgehead atoms. The van der Waals surface area contributed by atoms with E-state index in [1.807, 2.05) is 0 Å². The molecule has 0 aromatic carbocycles. The molecule has 1 rings (SSSR count). The van der Waals surface area contributed by atoms with Crippen LogP contribution in [-0.2, 0) is 0 Å². The lowest BCUT2D eigenvalue weighted by atomic mass is 10.2. The summed E-state index contributed by atoms with van der Waals surface area (Å²) in [6.07, 6.45) is 1.54. The zero-order valence-electron chi connectivity index (χ0n) is 9.73. The van der Waals surface area contributed by atoms with Gasteiger partial charge in [-0.05, 0) is 12.0 Å². The van der Waals surface area contributed by atoms with Gasteiger partial charge in [0.1, 0.15) is 5.03 Å². The Bertz CT molecular complexity index is 393. The third kappa shape index (κ3) is 3.13. The molecular formula is C11H17N3OS. The van der Waals surface area contributed by atoms with E-state index in [1.165, 1.54) is 0 Å². The summed E-state index contributed by atoms with van der Waals surface area (Å²) in [7, 11) is 0. The fourth-order valence-electron chi connectivity index (χ4n) is 1.05. The maximum Gasteiger partial charge on any atom is 0.251 e. The van der Waals surface area contributed by atoms with Crippen molar-refractivity contribution < 1.29 is 4.79 Å². The van der Waals surface area contributed by atoms with Crippen molar-refractivity contribution >= 4 is 23.4 Å². The molecule has 4 nitrogen and oxygen atoms in total. The number of nitrogens with zero attached hydrogens (tertiary/aromatic N) is 1. The van der Waals surface area contributed by atoms with Gasteiger partial charge < -0.3 is 11.5 Å². The number of anilines is 1. The van der Waals surface area contributed by atoms with Gasteiger partial charge in [-0.1, -0.05) is 20.8 Å². The molecule has 16 heavy (non-hydrogen) atoms. The van der Waals surface area contributed by atoms with Crippen LogP contribution in [0.5, 0.6) is 0 Å². The summed E-state index contributed by atoms with van der Waals surface area (Å²) >= 11 is 1.55. The summed E-state index contributed by atoms with van der Waals surface area (Å²) in [5.74, 6) is 0.0170. The fraction of sp³-hybridized carbons (Fsp3) is 0.455. The molecule has 0 spiro atoms. The molecule has 5 heteroatoms. The number of amides is 1. The van der Waals surface area contributed by atoms with Crippen LogP contribution in [0, 0.1) is 5.92 Å². The molecule has 0 radical (unpaired) electrons. The Hall–Kier alpha value is -1.23. The largest absolute Gasteiger partial charge is 0.397 e. The molecule has 4 N–H and O–H groups in total. The fourth-order valence-corrected chi connectivity index (χ4v) is 2.08. The van der Waals surface area contributed by atoms with Crippen LogP contribution in [-0.4, -0.2) is 16.1 Å². The molecule has 88 valence electrons. The van der Waals surface area contributed by atoms with Crippen molar-refractivity contribution in [3.63, 3.8) is 0 Å². The van der Waals surface area contributed by atoms with E-state index in [2.05, 4.69) is 25.8 Å². The first-order valence-corrected chi connectivity index (χ1v) is 6.01. The van der Waals surface area contributed by atoms with Gasteiger partial charge in [-0.25, -0.2) is 4.98 Å². The van der Waals surface area contributed by atoms with Gasteiger partial charge in [0, 0.05) is 5.25 Å². The molecule has 0 aliphatic rings. The minimum Gasteiger partial charge on any atom is -0.397 e. The first-order chi connectivity index (χ1) is 7.41. The smallest absolute Gasteiger partial charge is 0.251 e. The second-order valence-corrected chi connectivity index (χ2v) is 5.42. The summed E-state index contributed by atoms with van der Waals surface area (Å²) in [6.45, 7) is 6.34. The Morgan fingerprint density at radius 2 is 2.06 bits per heavy atom. The number of hydrogen-bond donors (Lipinski definition) is 2. The van der Waals surface area contributed by atoms with E-state index >= 15 is 0 Å². The predicted molar refractivity (Wildman–Crippen MR) is 67.3 cm³/mol. The van der Waals surface area contributed by atoms with Crippen LogP contribution in [0.15, 0.2) is 17.3 Å². The van der Waals surface area contributed by atoms with E-state index in [-0.39, 0.29) is 0 Å². The van der Waals surface area contributed by atoms with Gasteiger partial charge in [0.15, 0.2) is 0 Å². The second kappa shape index (κ2) is 5.21. The van der Waals surface area contributed by atoms with E-state index in [0.717, 1.165) is 0 Å². The number of primary amides is 1. The highest BCUT2D eigenvalue weighted by Gasteiger charge is 2.15. The maximum atomic E-state index is 11.2. The molecule has 0 saturated carbocycles. The standard InChI is InChI=1S/C11H17N3OS/c1-6(2)7(3)16-11-9(10(13)15)4-8(12)5-14-11/h4-7H,12H2,1-3H3,(H2,13,15). The Morgan fingerprint density at radius 1 is 1.44 bits per heavy atom. The average molecular weight is 239 g/mol. The Kier molecular flexibility index (Phi) is 4.18. The molecule has 0 aliphatic heterocycles. The molecule has 1 atom stereocenters. The minimum absolute atomic E-state index is 0.370. The number of aromatic nitrogens is 1. The van der Waals surface area contributed by atoms with Gasteiger partial charge in [-0.2, -0.15) is 0 Å². The minimum atomic E-state index is -0.488. The van der Waals surface area contributed by atoms with Crippen LogP contribution in [0.2, 0.25) is 0 Å². The maximum absolute atomic E-state index is 11.2. The van der Waals surface area contributed by atoms with Crippen LogP contribution in [0.1, 0.15) is 31.1 Å². The Labute approximate surface area is 99.8 Å². The molecule has 0 aliphatic carbocycles. The highest BCUT2D eigenvalue weighted by Crippen LogP contribution is 2.29. The van der Waals surface area contributed by atoms with Crippen LogP contribution in [0.3, 0.4) is 0 Å². The van der Waals surface area contributed by atoms with E-state index in [1.54, 1.807) is 24.0 Å². The van der Waals surface area contributed by atoms with Gasteiger partial charge in [0.25, 0.3) is 5.91 Å². The number of nitrogen functional groups attached to an aromatic ring is 1. The van der Waals surface area contributed by atoms with Crippen LogP contribution in [0.4, 0.5) is 5.69 Å². The van der Waals surface area contributed by atoms with Crippen molar-refractivity contribution in [2.75, 3.05) is 5.73 Å². The van der Waals surface area contributed by atoms with Crippen molar-refractivity contribution in [2.24, 2.45) is 11.7 Å². The topological polar surface area (TPSA) is 82.0 Å². The van der Waals surface area contributed by atoms with E-state index in [9.17, 15) is 4.79 Å². The zero-order valence-corrected chi connectivity index (χ0v) is 10.5. The summed E-state index contributed by atoms with van der Waals surface area (Å²) in [4.78, 5) is 15.4. The van der Waals surface area contributed by atoms with E-state index in [0.29, 0.717) is 27.4 Å². The molecule has 1 aromatic rings. The second-order valence-electron chi connectivity index (χ2n) is 4.05. The lowest BCUT2D eigenvalue weighted by Crippen LogP contribution is -2.15. The highest BCUT2D eigenvalue weighted by atomic mass is 32.2. The summed E-state index contributed by atoms with van der Waals surface area (Å²) in [5.41, 5.74) is 11.7. The van der Waals surface area contributed by atoms with Gasteiger partial charge in [0.2, 0.25) is 0 Å². The summed E-state index contributed by atoms with van der Waals surface area (Å²) < 4.78 is 0. The summed E-state index contributed by atoms with van der Waals surface area (Å²) in [5, 5.41) is 1.03. The number of thioether (sulfide) groups is 1. The monoisotopic (exact) mass is 239 g/mol. The van der Waals surface area contributed by atoms with Crippen molar-refractivity contribution in [1.29, 1.82) is 0 Å². The van der Waals surface area contributed by atoms with Crippen molar-refractivity contribution in [2.45, 2.75) is 31.0 Å². The van der Waals surface area contributed by atoms with Crippen molar-refractivity contribution in [3.05, 3.63) is 17.8 Å². The lowest BCUT2D eigenvalue weighted by Gasteiger charge is -2.15. The van der Waals surface area contributed by atoms with E-state index in [4.69, 9.17) is 11.5 Å². The Balaban J connectivity index is 2.99. The molecular weight excluding hydrogens is 222 g/mol. The van der Waals surface area contributed by atoms with Crippen LogP contribution >= 0.6 is 11.8 Å². The molecule has 1 amide bonds. The average Bonchev–Trinajstić information content (AvgIpc) is 2.20. The number of nitrogens with two attached hydrogens (primary N) is 2. The SMILES string of the molecule is CC(C)C(C)Sc1ncc(N)cc1C(N)=O. The van der Waals surface area contributed by atoms with Gasteiger partial charge in [-0.15, -0.1) is 11.8 Å². The molecule has 0 fully saturated rings. The number of pyridine rings is 1. The third-order valence-electron chi connectivity index (χ3n) is 2.37. The van der Waals surface area contributed by atoms with Crippen molar-refractivity contribution in [1.82, 2.24) is 4.98 Å². The lowest BCUT2D eigenvalue weighted by molar-refractivity contribution is 0.0997. The normalized spacial score (nSPS) is 12.8. The highest BCUT2D eigenvalue weighted by molar-refractivity contribution is 7.99. The van der Waals surface area contributed by atoms with E-state index < -0.39 is 5.91 Å². The number of carbonyl (C=O) groups excluding carboxylic acids is 1. The number of carbonyl (C=O) groups is 1. The molecule has 1 unspecified atom stereocenters. The quantitative estimate of drug-likeness (QED) is 0.786. The van der Waals surface area contributed by atoms with Crippen LogP contribution < -0.4 is 11.5 Å². The van der Waals surface area contributed by atoms with Crippen molar-refractivity contribution in [3.8, 4) is 0 Å². The number of hydrogen-bond acceptors (Lipinski definition) is 4. The third-order valence-corrected chi connectivity index (χ3v) is 3.84. The predicted octanol–water partition coefficient (Wildman–Crippen LogP) is 1.90. The first-order valence-electron chi connectivity index (χ1n) is 5.13. The molecule has 1 heterocycles. The van der Waals surface area contributed by atoms with Gasteiger partial charge in [-0.3, -0.25) is 4.79 Å². The molecule has 1 aromatic heterocycles. The molecule has 0 saturated heterocycles. The van der Waals surface area contributed by atoms with Crippen LogP contribution in [0.25, 0.3) is 0 Å². The first kappa shape index (κ1) is 12.8. The Morgan fingerprint density at radius 3 is 2.56 bits per heavy atom. The van der Waals surface area contributed by atoms with Gasteiger partial charge in [0.05, 0.1) is 17.4 Å². The summed E-state index contributed by atoms with van der Waals surface area (Å²) in [6, 6.07) is 1.57.